The molecule has 0 radical (unpaired) electrons. The van der Waals surface area contributed by atoms with Crippen LogP contribution in [0.2, 0.25) is 0 Å². The van der Waals surface area contributed by atoms with Crippen molar-refractivity contribution in [3.8, 4) is 0 Å². The van der Waals surface area contributed by atoms with E-state index in [1.807, 2.05) is 0 Å². The number of ether oxygens (including phenoxy) is 2. The van der Waals surface area contributed by atoms with E-state index in [0.717, 1.165) is 0 Å². The maximum atomic E-state index is 11.7. The van der Waals surface area contributed by atoms with Crippen molar-refractivity contribution < 1.29 is 28.7 Å². The zero-order valence-corrected chi connectivity index (χ0v) is 13.6. The third-order valence-electron chi connectivity index (χ3n) is 2.42. The standard InChI is InChI=1S/C14H24N2O6/c1-9(16-13(20)22-14(2,3)4)12(19)15-8-10(17)6-7-11(18)21-5/h9H,6-8H2,1-5H3,(H,15,19)(H,16,20)/t9-/m0/s1. The molecule has 2 amide bonds. The Morgan fingerprint density at radius 3 is 2.18 bits per heavy atom. The molecule has 0 aliphatic rings. The van der Waals surface area contributed by atoms with Crippen LogP contribution < -0.4 is 10.6 Å². The van der Waals surface area contributed by atoms with Crippen LogP contribution in [-0.2, 0) is 23.9 Å². The summed E-state index contributed by atoms with van der Waals surface area (Å²) < 4.78 is 9.42. The Morgan fingerprint density at radius 1 is 1.09 bits per heavy atom. The molecular formula is C14H24N2O6. The number of nitrogens with one attached hydrogen (secondary N) is 2. The Hall–Kier alpha value is -2.12. The normalized spacial score (nSPS) is 12.0. The van der Waals surface area contributed by atoms with Crippen molar-refractivity contribution in [2.45, 2.75) is 52.2 Å². The van der Waals surface area contributed by atoms with Crippen molar-refractivity contribution in [2.24, 2.45) is 0 Å². The van der Waals surface area contributed by atoms with Gasteiger partial charge in [-0.2, -0.15) is 0 Å². The molecule has 2 N–H and O–H groups in total. The topological polar surface area (TPSA) is 111 Å². The van der Waals surface area contributed by atoms with Gasteiger partial charge in [0, 0.05) is 6.42 Å². The molecule has 0 spiro atoms. The summed E-state index contributed by atoms with van der Waals surface area (Å²) in [5.74, 6) is -1.31. The lowest BCUT2D eigenvalue weighted by molar-refractivity contribution is -0.141. The van der Waals surface area contributed by atoms with Crippen LogP contribution in [0.1, 0.15) is 40.5 Å². The number of hydrogen-bond acceptors (Lipinski definition) is 6. The molecular weight excluding hydrogens is 292 g/mol. The maximum absolute atomic E-state index is 11.7. The molecule has 0 aliphatic heterocycles. The van der Waals surface area contributed by atoms with E-state index >= 15 is 0 Å². The summed E-state index contributed by atoms with van der Waals surface area (Å²) in [6.45, 7) is 6.38. The summed E-state index contributed by atoms with van der Waals surface area (Å²) in [5, 5.41) is 4.74. The molecule has 0 aliphatic carbocycles. The number of hydrogen-bond donors (Lipinski definition) is 2. The molecule has 126 valence electrons. The summed E-state index contributed by atoms with van der Waals surface area (Å²) in [4.78, 5) is 45.5. The number of alkyl carbamates (subject to hydrolysis) is 1. The molecule has 22 heavy (non-hydrogen) atoms. The van der Waals surface area contributed by atoms with Gasteiger partial charge in [0.2, 0.25) is 5.91 Å². The number of methoxy groups -OCH3 is 1. The van der Waals surface area contributed by atoms with E-state index in [1.54, 1.807) is 20.8 Å². The largest absolute Gasteiger partial charge is 0.469 e. The smallest absolute Gasteiger partial charge is 0.408 e. The highest BCUT2D eigenvalue weighted by molar-refractivity contribution is 5.90. The van der Waals surface area contributed by atoms with Crippen LogP contribution in [0, 0.1) is 0 Å². The summed E-state index contributed by atoms with van der Waals surface area (Å²) >= 11 is 0. The van der Waals surface area contributed by atoms with Crippen molar-refractivity contribution in [3.05, 3.63) is 0 Å². The molecule has 0 saturated heterocycles. The summed E-state index contributed by atoms with van der Waals surface area (Å²) in [6.07, 6.45) is -0.759. The number of carbonyl (C=O) groups excluding carboxylic acids is 4. The van der Waals surface area contributed by atoms with Crippen molar-refractivity contribution in [1.82, 2.24) is 10.6 Å². The number of esters is 1. The molecule has 0 rings (SSSR count). The first-order valence-electron chi connectivity index (χ1n) is 6.91. The van der Waals surface area contributed by atoms with Gasteiger partial charge in [-0.05, 0) is 27.7 Å². The predicted molar refractivity (Wildman–Crippen MR) is 78.1 cm³/mol. The lowest BCUT2D eigenvalue weighted by atomic mass is 10.2. The Bertz CT molecular complexity index is 428. The van der Waals surface area contributed by atoms with Crippen molar-refractivity contribution in [2.75, 3.05) is 13.7 Å². The first-order chi connectivity index (χ1) is 10.0. The Balaban J connectivity index is 4.08. The van der Waals surface area contributed by atoms with Gasteiger partial charge in [-0.25, -0.2) is 4.79 Å². The van der Waals surface area contributed by atoms with Crippen molar-refractivity contribution in [1.29, 1.82) is 0 Å². The van der Waals surface area contributed by atoms with E-state index in [0.29, 0.717) is 0 Å². The molecule has 8 heteroatoms. The van der Waals surface area contributed by atoms with E-state index in [1.165, 1.54) is 14.0 Å². The average molecular weight is 316 g/mol. The van der Waals surface area contributed by atoms with Crippen LogP contribution in [-0.4, -0.2) is 49.1 Å². The van der Waals surface area contributed by atoms with Gasteiger partial charge in [-0.1, -0.05) is 0 Å². The zero-order valence-electron chi connectivity index (χ0n) is 13.6. The number of amides is 2. The van der Waals surface area contributed by atoms with E-state index in [2.05, 4.69) is 15.4 Å². The van der Waals surface area contributed by atoms with Gasteiger partial charge >= 0.3 is 12.1 Å². The van der Waals surface area contributed by atoms with Gasteiger partial charge in [-0.3, -0.25) is 14.4 Å². The van der Waals surface area contributed by atoms with Gasteiger partial charge in [0.1, 0.15) is 11.6 Å². The molecule has 0 aromatic rings. The monoisotopic (exact) mass is 316 g/mol. The molecule has 0 bridgehead atoms. The predicted octanol–water partition coefficient (Wildman–Crippen LogP) is 0.538. The molecule has 0 unspecified atom stereocenters. The molecule has 0 heterocycles. The lowest BCUT2D eigenvalue weighted by Crippen LogP contribution is -2.47. The lowest BCUT2D eigenvalue weighted by Gasteiger charge is -2.21. The van der Waals surface area contributed by atoms with Crippen LogP contribution in [0.3, 0.4) is 0 Å². The molecule has 0 aromatic carbocycles. The third-order valence-corrected chi connectivity index (χ3v) is 2.42. The average Bonchev–Trinajstić information content (AvgIpc) is 2.39. The van der Waals surface area contributed by atoms with E-state index in [9.17, 15) is 19.2 Å². The zero-order chi connectivity index (χ0) is 17.3. The minimum absolute atomic E-state index is 0.0131. The second kappa shape index (κ2) is 9.01. The van der Waals surface area contributed by atoms with E-state index in [4.69, 9.17) is 4.74 Å². The van der Waals surface area contributed by atoms with Crippen LogP contribution in [0.5, 0.6) is 0 Å². The fourth-order valence-corrected chi connectivity index (χ4v) is 1.32. The third kappa shape index (κ3) is 9.73. The molecule has 0 aromatic heterocycles. The Morgan fingerprint density at radius 2 is 1.68 bits per heavy atom. The van der Waals surface area contributed by atoms with Crippen LogP contribution in [0.25, 0.3) is 0 Å². The Kier molecular flexibility index (Phi) is 8.14. The summed E-state index contributed by atoms with van der Waals surface area (Å²) in [7, 11) is 1.23. The fourth-order valence-electron chi connectivity index (χ4n) is 1.32. The highest BCUT2D eigenvalue weighted by atomic mass is 16.6. The highest BCUT2D eigenvalue weighted by Gasteiger charge is 2.21. The summed E-state index contributed by atoms with van der Waals surface area (Å²) in [6, 6.07) is -0.844. The maximum Gasteiger partial charge on any atom is 0.408 e. The van der Waals surface area contributed by atoms with Gasteiger partial charge in [0.25, 0.3) is 0 Å². The SMILES string of the molecule is COC(=O)CCC(=O)CNC(=O)[C@H](C)NC(=O)OC(C)(C)C. The molecule has 8 nitrogen and oxygen atoms in total. The van der Waals surface area contributed by atoms with Gasteiger partial charge in [-0.15, -0.1) is 0 Å². The Labute approximate surface area is 129 Å². The second-order valence-electron chi connectivity index (χ2n) is 5.70. The minimum Gasteiger partial charge on any atom is -0.469 e. The molecule has 1 atom stereocenters. The van der Waals surface area contributed by atoms with Crippen LogP contribution in [0.4, 0.5) is 4.79 Å². The van der Waals surface area contributed by atoms with Crippen LogP contribution in [0.15, 0.2) is 0 Å². The van der Waals surface area contributed by atoms with Crippen molar-refractivity contribution in [3.63, 3.8) is 0 Å². The number of rotatable bonds is 7. The second-order valence-corrected chi connectivity index (χ2v) is 5.70. The summed E-state index contributed by atoms with van der Waals surface area (Å²) in [5.41, 5.74) is -0.663. The van der Waals surface area contributed by atoms with E-state index in [-0.39, 0.29) is 25.2 Å². The first kappa shape index (κ1) is 19.9. The van der Waals surface area contributed by atoms with Crippen LogP contribution >= 0.6 is 0 Å². The van der Waals surface area contributed by atoms with E-state index < -0.39 is 29.6 Å². The number of ketones is 1. The van der Waals surface area contributed by atoms with Crippen molar-refractivity contribution >= 4 is 23.8 Å². The van der Waals surface area contributed by atoms with Gasteiger partial charge in [0.15, 0.2) is 5.78 Å². The minimum atomic E-state index is -0.844. The first-order valence-corrected chi connectivity index (χ1v) is 6.91. The highest BCUT2D eigenvalue weighted by Crippen LogP contribution is 2.06. The number of Topliss-reactive ketones (excluding diaryl/α,β-unsaturated/α-hetero) is 1. The van der Waals surface area contributed by atoms with Gasteiger partial charge < -0.3 is 20.1 Å². The molecule has 0 saturated carbocycles. The number of carbonyl (C=O) groups is 4. The van der Waals surface area contributed by atoms with Gasteiger partial charge in [0.05, 0.1) is 20.1 Å². The fraction of sp³-hybridized carbons (Fsp3) is 0.714. The molecule has 0 fully saturated rings. The quantitative estimate of drug-likeness (QED) is 0.663.